The van der Waals surface area contributed by atoms with E-state index < -0.39 is 11.6 Å². The molecule has 24 heavy (non-hydrogen) atoms. The molecule has 124 valence electrons. The largest absolute Gasteiger partial charge is 0.352 e. The standard InChI is InChI=1S/C17H17N3O3S/c21-14(12-5-1-3-10-6-8-24-13(10)12)18-9-11-4-2-7-17(11)15(22)19-16(23)20-17/h1,3,5-6,8,11H,2,4,7,9H2,(H,18,21)(H2,19,20,22,23). The van der Waals surface area contributed by atoms with Gasteiger partial charge in [-0.25, -0.2) is 4.79 Å². The monoisotopic (exact) mass is 343 g/mol. The minimum atomic E-state index is -0.862. The molecule has 1 aliphatic carbocycles. The fourth-order valence-corrected chi connectivity index (χ4v) is 4.72. The number of rotatable bonds is 3. The summed E-state index contributed by atoms with van der Waals surface area (Å²) in [6.45, 7) is 0.369. The van der Waals surface area contributed by atoms with Crippen LogP contribution in [0.2, 0.25) is 0 Å². The Hall–Kier alpha value is -2.41. The highest BCUT2D eigenvalue weighted by atomic mass is 32.1. The van der Waals surface area contributed by atoms with Gasteiger partial charge in [0, 0.05) is 17.2 Å². The summed E-state index contributed by atoms with van der Waals surface area (Å²) in [5.74, 6) is -0.505. The van der Waals surface area contributed by atoms with Crippen molar-refractivity contribution in [2.75, 3.05) is 6.54 Å². The lowest BCUT2D eigenvalue weighted by molar-refractivity contribution is -0.125. The lowest BCUT2D eigenvalue weighted by Crippen LogP contribution is -2.53. The van der Waals surface area contributed by atoms with Gasteiger partial charge >= 0.3 is 6.03 Å². The van der Waals surface area contributed by atoms with Gasteiger partial charge in [-0.1, -0.05) is 18.6 Å². The first-order chi connectivity index (χ1) is 11.6. The Kier molecular flexibility index (Phi) is 3.53. The molecule has 1 saturated carbocycles. The second-order valence-electron chi connectivity index (χ2n) is 6.32. The highest BCUT2D eigenvalue weighted by Gasteiger charge is 2.54. The number of imide groups is 1. The molecule has 1 aromatic heterocycles. The van der Waals surface area contributed by atoms with Gasteiger partial charge in [-0.2, -0.15) is 0 Å². The van der Waals surface area contributed by atoms with Crippen molar-refractivity contribution >= 4 is 39.3 Å². The van der Waals surface area contributed by atoms with E-state index in [2.05, 4.69) is 16.0 Å². The van der Waals surface area contributed by atoms with Gasteiger partial charge in [0.15, 0.2) is 0 Å². The quantitative estimate of drug-likeness (QED) is 0.745. The molecule has 1 saturated heterocycles. The zero-order valence-electron chi connectivity index (χ0n) is 12.9. The van der Waals surface area contributed by atoms with Gasteiger partial charge in [0.05, 0.1) is 5.56 Å². The number of carbonyl (C=O) groups excluding carboxylic acids is 3. The van der Waals surface area contributed by atoms with Crippen molar-refractivity contribution in [1.29, 1.82) is 0 Å². The van der Waals surface area contributed by atoms with Crippen molar-refractivity contribution in [2.45, 2.75) is 24.8 Å². The molecule has 2 atom stereocenters. The third-order valence-corrected chi connectivity index (χ3v) is 5.99. The molecular formula is C17H17N3O3S. The van der Waals surface area contributed by atoms with Crippen LogP contribution in [-0.4, -0.2) is 29.9 Å². The van der Waals surface area contributed by atoms with Gasteiger partial charge in [0.1, 0.15) is 5.54 Å². The summed E-state index contributed by atoms with van der Waals surface area (Å²) in [6, 6.07) is 7.20. The molecule has 3 N–H and O–H groups in total. The normalized spacial score (nSPS) is 25.9. The number of thiophene rings is 1. The van der Waals surface area contributed by atoms with Crippen LogP contribution in [0.1, 0.15) is 29.6 Å². The van der Waals surface area contributed by atoms with Crippen molar-refractivity contribution in [3.63, 3.8) is 0 Å². The van der Waals surface area contributed by atoms with E-state index >= 15 is 0 Å². The third kappa shape index (κ3) is 2.27. The number of hydrogen-bond acceptors (Lipinski definition) is 4. The summed E-state index contributed by atoms with van der Waals surface area (Å²) in [5, 5.41) is 11.0. The number of carbonyl (C=O) groups is 3. The Morgan fingerprint density at radius 1 is 1.33 bits per heavy atom. The van der Waals surface area contributed by atoms with E-state index in [1.165, 1.54) is 11.3 Å². The predicted octanol–water partition coefficient (Wildman–Crippen LogP) is 2.01. The summed E-state index contributed by atoms with van der Waals surface area (Å²) in [7, 11) is 0. The van der Waals surface area contributed by atoms with Gasteiger partial charge < -0.3 is 10.6 Å². The summed E-state index contributed by atoms with van der Waals surface area (Å²) < 4.78 is 0.961. The average Bonchev–Trinajstić information content (AvgIpc) is 3.25. The van der Waals surface area contributed by atoms with Crippen molar-refractivity contribution in [2.24, 2.45) is 5.92 Å². The molecule has 2 aromatic rings. The molecule has 6 nitrogen and oxygen atoms in total. The Morgan fingerprint density at radius 3 is 3.00 bits per heavy atom. The Balaban J connectivity index is 1.50. The van der Waals surface area contributed by atoms with Crippen molar-refractivity contribution in [3.05, 3.63) is 35.2 Å². The molecule has 2 fully saturated rings. The van der Waals surface area contributed by atoms with Crippen molar-refractivity contribution in [1.82, 2.24) is 16.0 Å². The van der Waals surface area contributed by atoms with Gasteiger partial charge in [0.2, 0.25) is 0 Å². The maximum atomic E-state index is 12.6. The SMILES string of the molecule is O=C1NC(=O)C2(CCCC2CNC(=O)c2cccc3ccsc23)N1. The zero-order valence-corrected chi connectivity index (χ0v) is 13.7. The molecule has 0 bridgehead atoms. The Morgan fingerprint density at radius 2 is 2.21 bits per heavy atom. The third-order valence-electron chi connectivity index (χ3n) is 5.02. The highest BCUT2D eigenvalue weighted by Crippen LogP contribution is 2.37. The Labute approximate surface area is 142 Å². The molecule has 1 aliphatic heterocycles. The summed E-state index contributed by atoms with van der Waals surface area (Å²) in [4.78, 5) is 36.2. The second kappa shape index (κ2) is 5.59. The first-order valence-electron chi connectivity index (χ1n) is 7.98. The fourth-order valence-electron chi connectivity index (χ4n) is 3.81. The number of amides is 4. The molecule has 2 unspecified atom stereocenters. The number of urea groups is 1. The molecule has 1 aromatic carbocycles. The van der Waals surface area contributed by atoms with Crippen LogP contribution >= 0.6 is 11.3 Å². The van der Waals surface area contributed by atoms with Gasteiger partial charge in [-0.3, -0.25) is 14.9 Å². The fraction of sp³-hybridized carbons (Fsp3) is 0.353. The molecule has 4 amide bonds. The minimum Gasteiger partial charge on any atom is -0.352 e. The summed E-state index contributed by atoms with van der Waals surface area (Å²) >= 11 is 1.54. The molecule has 0 radical (unpaired) electrons. The van der Waals surface area contributed by atoms with Crippen LogP contribution in [0.5, 0.6) is 0 Å². The number of nitrogens with one attached hydrogen (secondary N) is 3. The van der Waals surface area contributed by atoms with E-state index in [1.807, 2.05) is 29.6 Å². The molecular weight excluding hydrogens is 326 g/mol. The first kappa shape index (κ1) is 15.1. The zero-order chi connectivity index (χ0) is 16.7. The van der Waals surface area contributed by atoms with Crippen LogP contribution in [0.25, 0.3) is 10.1 Å². The van der Waals surface area contributed by atoms with Crippen LogP contribution < -0.4 is 16.0 Å². The number of benzene rings is 1. The molecule has 2 heterocycles. The molecule has 1 spiro atoms. The topological polar surface area (TPSA) is 87.3 Å². The lowest BCUT2D eigenvalue weighted by Gasteiger charge is -2.28. The predicted molar refractivity (Wildman–Crippen MR) is 90.9 cm³/mol. The number of hydrogen-bond donors (Lipinski definition) is 3. The van der Waals surface area contributed by atoms with Crippen LogP contribution in [0.15, 0.2) is 29.6 Å². The smallest absolute Gasteiger partial charge is 0.322 e. The van der Waals surface area contributed by atoms with Crippen LogP contribution in [0.4, 0.5) is 4.79 Å². The van der Waals surface area contributed by atoms with E-state index in [9.17, 15) is 14.4 Å². The summed E-state index contributed by atoms with van der Waals surface area (Å²) in [6.07, 6.45) is 2.28. The molecule has 2 aliphatic rings. The van der Waals surface area contributed by atoms with Crippen molar-refractivity contribution < 1.29 is 14.4 Å². The average molecular weight is 343 g/mol. The molecule has 4 rings (SSSR count). The minimum absolute atomic E-state index is 0.0876. The van der Waals surface area contributed by atoms with Crippen LogP contribution in [-0.2, 0) is 4.79 Å². The second-order valence-corrected chi connectivity index (χ2v) is 7.24. The lowest BCUT2D eigenvalue weighted by atomic mass is 9.87. The first-order valence-corrected chi connectivity index (χ1v) is 8.86. The van der Waals surface area contributed by atoms with E-state index in [0.717, 1.165) is 22.9 Å². The van der Waals surface area contributed by atoms with Gasteiger partial charge in [-0.05, 0) is 35.7 Å². The van der Waals surface area contributed by atoms with Crippen molar-refractivity contribution in [3.8, 4) is 0 Å². The maximum absolute atomic E-state index is 12.6. The van der Waals surface area contributed by atoms with E-state index in [1.54, 1.807) is 0 Å². The van der Waals surface area contributed by atoms with E-state index in [0.29, 0.717) is 18.5 Å². The van der Waals surface area contributed by atoms with Gasteiger partial charge in [-0.15, -0.1) is 11.3 Å². The van der Waals surface area contributed by atoms with E-state index in [-0.39, 0.29) is 17.7 Å². The number of fused-ring (bicyclic) bond motifs is 1. The van der Waals surface area contributed by atoms with Crippen LogP contribution in [0.3, 0.4) is 0 Å². The Bertz CT molecular complexity index is 846. The summed E-state index contributed by atoms with van der Waals surface area (Å²) in [5.41, 5.74) is -0.214. The highest BCUT2D eigenvalue weighted by molar-refractivity contribution is 7.17. The van der Waals surface area contributed by atoms with E-state index in [4.69, 9.17) is 0 Å². The maximum Gasteiger partial charge on any atom is 0.322 e. The van der Waals surface area contributed by atoms with Gasteiger partial charge in [0.25, 0.3) is 11.8 Å². The molecule has 7 heteroatoms. The van der Waals surface area contributed by atoms with Crippen LogP contribution in [0, 0.1) is 5.92 Å².